The molecule has 0 saturated carbocycles. The minimum Gasteiger partial charge on any atom is -0.407 e. The Hall–Kier alpha value is -3.42. The van der Waals surface area contributed by atoms with Crippen LogP contribution in [0.4, 0.5) is 11.4 Å². The van der Waals surface area contributed by atoms with Crippen molar-refractivity contribution in [1.82, 2.24) is 4.57 Å². The molecule has 8 nitrogen and oxygen atoms in total. The summed E-state index contributed by atoms with van der Waals surface area (Å²) < 4.78 is 6.51. The Morgan fingerprint density at radius 1 is 1.22 bits per heavy atom. The highest BCUT2D eigenvalue weighted by Crippen LogP contribution is 2.28. The summed E-state index contributed by atoms with van der Waals surface area (Å²) in [6.45, 7) is 0.987. The van der Waals surface area contributed by atoms with Crippen LogP contribution >= 0.6 is 0 Å². The Labute approximate surface area is 153 Å². The van der Waals surface area contributed by atoms with E-state index in [1.807, 2.05) is 24.3 Å². The molecule has 1 aliphatic rings. The minimum atomic E-state index is -0.579. The van der Waals surface area contributed by atoms with Crippen molar-refractivity contribution in [2.75, 3.05) is 11.4 Å². The first-order chi connectivity index (χ1) is 13.0. The van der Waals surface area contributed by atoms with Gasteiger partial charge in [-0.3, -0.25) is 19.5 Å². The number of para-hydroxylation sites is 1. The second-order valence-electron chi connectivity index (χ2n) is 6.46. The molecule has 3 aromatic rings. The van der Waals surface area contributed by atoms with Gasteiger partial charge in [0.05, 0.1) is 16.5 Å². The maximum atomic E-state index is 12.5. The molecule has 2 heterocycles. The van der Waals surface area contributed by atoms with E-state index in [4.69, 9.17) is 4.42 Å². The van der Waals surface area contributed by atoms with E-state index < -0.39 is 10.7 Å². The molecule has 0 unspecified atom stereocenters. The third-order valence-corrected chi connectivity index (χ3v) is 4.82. The molecule has 138 valence electrons. The van der Waals surface area contributed by atoms with Gasteiger partial charge in [0.25, 0.3) is 5.69 Å². The lowest BCUT2D eigenvalue weighted by Gasteiger charge is -2.17. The zero-order valence-electron chi connectivity index (χ0n) is 14.5. The van der Waals surface area contributed by atoms with Crippen LogP contribution in [0.3, 0.4) is 0 Å². The lowest BCUT2D eigenvalue weighted by atomic mass is 10.2. The lowest BCUT2D eigenvalue weighted by Crippen LogP contribution is -2.29. The summed E-state index contributed by atoms with van der Waals surface area (Å²) >= 11 is 0. The number of benzene rings is 2. The number of amides is 1. The standard InChI is InChI=1S/C19H17N3O5/c23-18(20-11-9-13-4-1-2-5-15(13)20)6-3-10-21-16-8-7-14(22(25)26)12-17(16)27-19(21)24/h1-2,4-5,7-8,12H,3,6,9-11H2. The average molecular weight is 367 g/mol. The van der Waals surface area contributed by atoms with E-state index in [1.165, 1.54) is 28.3 Å². The fourth-order valence-corrected chi connectivity index (χ4v) is 3.50. The van der Waals surface area contributed by atoms with Crippen LogP contribution in [0.25, 0.3) is 11.1 Å². The number of nitrogens with zero attached hydrogens (tertiary/aromatic N) is 3. The quantitative estimate of drug-likeness (QED) is 0.510. The van der Waals surface area contributed by atoms with Crippen LogP contribution in [-0.2, 0) is 17.8 Å². The molecule has 1 aromatic heterocycles. The van der Waals surface area contributed by atoms with Gasteiger partial charge < -0.3 is 9.32 Å². The number of anilines is 1. The van der Waals surface area contributed by atoms with Gasteiger partial charge in [-0.1, -0.05) is 18.2 Å². The highest BCUT2D eigenvalue weighted by Gasteiger charge is 2.23. The molecule has 0 aliphatic carbocycles. The van der Waals surface area contributed by atoms with Crippen molar-refractivity contribution in [3.05, 3.63) is 68.7 Å². The van der Waals surface area contributed by atoms with Crippen molar-refractivity contribution in [2.24, 2.45) is 0 Å². The molecular formula is C19H17N3O5. The maximum Gasteiger partial charge on any atom is 0.419 e. The molecule has 0 bridgehead atoms. The number of nitro groups is 1. The van der Waals surface area contributed by atoms with Crippen LogP contribution in [0.1, 0.15) is 18.4 Å². The van der Waals surface area contributed by atoms with E-state index in [2.05, 4.69) is 0 Å². The fraction of sp³-hybridized carbons (Fsp3) is 0.263. The number of nitro benzene ring substituents is 1. The molecule has 1 amide bonds. The molecule has 0 radical (unpaired) electrons. The van der Waals surface area contributed by atoms with Gasteiger partial charge >= 0.3 is 5.76 Å². The first-order valence-corrected chi connectivity index (χ1v) is 8.70. The number of hydrogen-bond donors (Lipinski definition) is 0. The van der Waals surface area contributed by atoms with Gasteiger partial charge in [0.15, 0.2) is 5.58 Å². The predicted octanol–water partition coefficient (Wildman–Crippen LogP) is 2.87. The molecule has 4 rings (SSSR count). The van der Waals surface area contributed by atoms with Gasteiger partial charge in [0.2, 0.25) is 5.91 Å². The van der Waals surface area contributed by atoms with E-state index in [0.717, 1.165) is 12.1 Å². The van der Waals surface area contributed by atoms with Gasteiger partial charge in [-0.05, 0) is 30.5 Å². The third-order valence-electron chi connectivity index (χ3n) is 4.82. The van der Waals surface area contributed by atoms with E-state index in [1.54, 1.807) is 4.90 Å². The molecule has 0 saturated heterocycles. The van der Waals surface area contributed by atoms with Crippen molar-refractivity contribution in [2.45, 2.75) is 25.8 Å². The summed E-state index contributed by atoms with van der Waals surface area (Å²) in [5.41, 5.74) is 2.66. The first-order valence-electron chi connectivity index (χ1n) is 8.70. The van der Waals surface area contributed by atoms with Crippen molar-refractivity contribution in [3.8, 4) is 0 Å². The monoisotopic (exact) mass is 367 g/mol. The number of non-ortho nitro benzene ring substituents is 1. The highest BCUT2D eigenvalue weighted by atomic mass is 16.6. The molecule has 0 fully saturated rings. The molecule has 0 N–H and O–H groups in total. The highest BCUT2D eigenvalue weighted by molar-refractivity contribution is 5.95. The smallest absolute Gasteiger partial charge is 0.407 e. The molecule has 0 atom stereocenters. The number of fused-ring (bicyclic) bond motifs is 2. The van der Waals surface area contributed by atoms with Gasteiger partial charge in [-0.2, -0.15) is 0 Å². The summed E-state index contributed by atoms with van der Waals surface area (Å²) in [6, 6.07) is 11.9. The van der Waals surface area contributed by atoms with Crippen molar-refractivity contribution < 1.29 is 14.1 Å². The van der Waals surface area contributed by atoms with Crippen molar-refractivity contribution in [3.63, 3.8) is 0 Å². The van der Waals surface area contributed by atoms with Gasteiger partial charge in [0.1, 0.15) is 0 Å². The SMILES string of the molecule is O=C(CCCn1c(=O)oc2cc([N+](=O)[O-])ccc21)N1CCc2ccccc21. The lowest BCUT2D eigenvalue weighted by molar-refractivity contribution is -0.384. The van der Waals surface area contributed by atoms with Gasteiger partial charge in [0, 0.05) is 31.3 Å². The average Bonchev–Trinajstić information content (AvgIpc) is 3.22. The zero-order valence-corrected chi connectivity index (χ0v) is 14.5. The number of oxazole rings is 1. The van der Waals surface area contributed by atoms with Crippen LogP contribution in [0.15, 0.2) is 51.7 Å². The molecular weight excluding hydrogens is 350 g/mol. The summed E-state index contributed by atoms with van der Waals surface area (Å²) in [5, 5.41) is 10.8. The van der Waals surface area contributed by atoms with Gasteiger partial charge in [-0.15, -0.1) is 0 Å². The second-order valence-corrected chi connectivity index (χ2v) is 6.46. The summed E-state index contributed by atoms with van der Waals surface area (Å²) in [6.07, 6.45) is 1.63. The van der Waals surface area contributed by atoms with E-state index in [0.29, 0.717) is 31.4 Å². The van der Waals surface area contributed by atoms with E-state index in [-0.39, 0.29) is 17.2 Å². The Bertz CT molecular complexity index is 1100. The number of hydrogen-bond acceptors (Lipinski definition) is 5. The van der Waals surface area contributed by atoms with Crippen molar-refractivity contribution in [1.29, 1.82) is 0 Å². The molecule has 0 spiro atoms. The van der Waals surface area contributed by atoms with Crippen LogP contribution in [0.5, 0.6) is 0 Å². The third kappa shape index (κ3) is 3.10. The Kier molecular flexibility index (Phi) is 4.23. The predicted molar refractivity (Wildman–Crippen MR) is 98.9 cm³/mol. The van der Waals surface area contributed by atoms with Crippen LogP contribution in [0.2, 0.25) is 0 Å². The number of carbonyl (C=O) groups is 1. The summed E-state index contributed by atoms with van der Waals surface area (Å²) in [7, 11) is 0. The minimum absolute atomic E-state index is 0.0245. The van der Waals surface area contributed by atoms with Crippen LogP contribution in [0, 0.1) is 10.1 Å². The maximum absolute atomic E-state index is 12.5. The number of rotatable bonds is 5. The fourth-order valence-electron chi connectivity index (χ4n) is 3.50. The van der Waals surface area contributed by atoms with Crippen LogP contribution in [-0.4, -0.2) is 21.9 Å². The molecule has 2 aromatic carbocycles. The first kappa shape index (κ1) is 17.0. The van der Waals surface area contributed by atoms with E-state index in [9.17, 15) is 19.7 Å². The van der Waals surface area contributed by atoms with Crippen molar-refractivity contribution >= 4 is 28.4 Å². The second kappa shape index (κ2) is 6.71. The van der Waals surface area contributed by atoms with Crippen LogP contribution < -0.4 is 10.7 Å². The largest absolute Gasteiger partial charge is 0.419 e. The number of carbonyl (C=O) groups excluding carboxylic acids is 1. The Morgan fingerprint density at radius 3 is 2.85 bits per heavy atom. The molecule has 27 heavy (non-hydrogen) atoms. The summed E-state index contributed by atoms with van der Waals surface area (Å²) in [5.74, 6) is -0.555. The Balaban J connectivity index is 1.45. The van der Waals surface area contributed by atoms with Gasteiger partial charge in [-0.25, -0.2) is 4.79 Å². The topological polar surface area (TPSA) is 98.6 Å². The Morgan fingerprint density at radius 2 is 2.04 bits per heavy atom. The normalized spacial score (nSPS) is 13.1. The summed E-state index contributed by atoms with van der Waals surface area (Å²) in [4.78, 5) is 36.7. The zero-order chi connectivity index (χ0) is 19.0. The molecule has 8 heteroatoms. The van der Waals surface area contributed by atoms with E-state index >= 15 is 0 Å². The number of aromatic nitrogens is 1. The molecule has 1 aliphatic heterocycles. The number of aryl methyl sites for hydroxylation is 1.